The number of benzene rings is 2. The van der Waals surface area contributed by atoms with Gasteiger partial charge in [-0.3, -0.25) is 4.79 Å². The third-order valence-electron chi connectivity index (χ3n) is 4.61. The summed E-state index contributed by atoms with van der Waals surface area (Å²) in [5, 5.41) is 0.731. The monoisotopic (exact) mass is 343 g/mol. The minimum absolute atomic E-state index is 0.186. The lowest BCUT2D eigenvalue weighted by Gasteiger charge is -2.25. The molecular formula is C20H22ClNO2. The standard InChI is InChI=1S/C20H22ClNO2/c1-24-18-11-4-15(5-12-18)6-13-20(23)22-14-2-3-19(22)16-7-9-17(21)10-8-16/h4-5,7-12,19H,2-3,6,13-14H2,1H3/t19-/m0/s1. The molecule has 24 heavy (non-hydrogen) atoms. The van der Waals surface area contributed by atoms with Crippen LogP contribution in [-0.2, 0) is 11.2 Å². The molecule has 3 nitrogen and oxygen atoms in total. The van der Waals surface area contributed by atoms with E-state index in [4.69, 9.17) is 16.3 Å². The highest BCUT2D eigenvalue weighted by Crippen LogP contribution is 2.33. The molecule has 4 heteroatoms. The van der Waals surface area contributed by atoms with Crippen LogP contribution in [-0.4, -0.2) is 24.5 Å². The van der Waals surface area contributed by atoms with Gasteiger partial charge in [0.1, 0.15) is 5.75 Å². The highest BCUT2D eigenvalue weighted by molar-refractivity contribution is 6.30. The topological polar surface area (TPSA) is 29.5 Å². The van der Waals surface area contributed by atoms with Gasteiger partial charge in [0.15, 0.2) is 0 Å². The second kappa shape index (κ2) is 7.71. The van der Waals surface area contributed by atoms with E-state index in [0.29, 0.717) is 6.42 Å². The number of hydrogen-bond donors (Lipinski definition) is 0. The molecule has 0 bridgehead atoms. The van der Waals surface area contributed by atoms with E-state index in [-0.39, 0.29) is 11.9 Å². The minimum Gasteiger partial charge on any atom is -0.497 e. The van der Waals surface area contributed by atoms with E-state index in [2.05, 4.69) is 0 Å². The van der Waals surface area contributed by atoms with Crippen molar-refractivity contribution in [1.82, 2.24) is 4.90 Å². The number of carbonyl (C=O) groups excluding carboxylic acids is 1. The van der Waals surface area contributed by atoms with Gasteiger partial charge in [0.25, 0.3) is 0 Å². The first-order chi connectivity index (χ1) is 11.7. The summed E-state index contributed by atoms with van der Waals surface area (Å²) in [6.07, 6.45) is 3.38. The Labute approximate surface area is 148 Å². The average molecular weight is 344 g/mol. The van der Waals surface area contributed by atoms with Crippen LogP contribution in [0.25, 0.3) is 0 Å². The number of aryl methyl sites for hydroxylation is 1. The van der Waals surface area contributed by atoms with Crippen LogP contribution in [0.4, 0.5) is 0 Å². The summed E-state index contributed by atoms with van der Waals surface area (Å²) >= 11 is 5.97. The number of amides is 1. The second-order valence-electron chi connectivity index (χ2n) is 6.14. The van der Waals surface area contributed by atoms with Gasteiger partial charge >= 0.3 is 0 Å². The molecule has 1 saturated heterocycles. The molecule has 0 spiro atoms. The fourth-order valence-corrected chi connectivity index (χ4v) is 3.41. The van der Waals surface area contributed by atoms with Crippen molar-refractivity contribution < 1.29 is 9.53 Å². The second-order valence-corrected chi connectivity index (χ2v) is 6.58. The zero-order valence-electron chi connectivity index (χ0n) is 13.9. The Hall–Kier alpha value is -2.00. The molecule has 3 rings (SSSR count). The van der Waals surface area contributed by atoms with Crippen molar-refractivity contribution in [2.75, 3.05) is 13.7 Å². The van der Waals surface area contributed by atoms with Crippen LogP contribution < -0.4 is 4.74 Å². The Balaban J connectivity index is 1.61. The smallest absolute Gasteiger partial charge is 0.223 e. The van der Waals surface area contributed by atoms with Gasteiger partial charge in [0, 0.05) is 18.0 Å². The summed E-state index contributed by atoms with van der Waals surface area (Å²) in [5.74, 6) is 1.07. The van der Waals surface area contributed by atoms with Crippen molar-refractivity contribution in [2.45, 2.75) is 31.7 Å². The van der Waals surface area contributed by atoms with Gasteiger partial charge in [-0.1, -0.05) is 35.9 Å². The van der Waals surface area contributed by atoms with Gasteiger partial charge in [-0.2, -0.15) is 0 Å². The van der Waals surface area contributed by atoms with Crippen molar-refractivity contribution in [3.8, 4) is 5.75 Å². The molecule has 1 fully saturated rings. The van der Waals surface area contributed by atoms with Gasteiger partial charge in [-0.25, -0.2) is 0 Å². The Morgan fingerprint density at radius 3 is 2.54 bits per heavy atom. The van der Waals surface area contributed by atoms with E-state index < -0.39 is 0 Å². The first kappa shape index (κ1) is 16.8. The van der Waals surface area contributed by atoms with Crippen LogP contribution in [0.3, 0.4) is 0 Å². The van der Waals surface area contributed by atoms with Crippen molar-refractivity contribution >= 4 is 17.5 Å². The van der Waals surface area contributed by atoms with Crippen LogP contribution in [0.1, 0.15) is 36.4 Å². The molecule has 2 aromatic carbocycles. The number of hydrogen-bond acceptors (Lipinski definition) is 2. The third-order valence-corrected chi connectivity index (χ3v) is 4.87. The molecule has 0 aliphatic carbocycles. The average Bonchev–Trinajstić information content (AvgIpc) is 3.10. The quantitative estimate of drug-likeness (QED) is 0.791. The molecule has 0 N–H and O–H groups in total. The maximum atomic E-state index is 12.7. The zero-order valence-corrected chi connectivity index (χ0v) is 14.6. The molecule has 0 saturated carbocycles. The number of carbonyl (C=O) groups is 1. The van der Waals surface area contributed by atoms with Crippen molar-refractivity contribution in [2.24, 2.45) is 0 Å². The molecule has 1 heterocycles. The third kappa shape index (κ3) is 3.90. The lowest BCUT2D eigenvalue weighted by molar-refractivity contribution is -0.132. The number of nitrogens with zero attached hydrogens (tertiary/aromatic N) is 1. The highest BCUT2D eigenvalue weighted by atomic mass is 35.5. The van der Waals surface area contributed by atoms with Gasteiger partial charge in [-0.15, -0.1) is 0 Å². The molecule has 2 aromatic rings. The maximum absolute atomic E-state index is 12.7. The molecular weight excluding hydrogens is 322 g/mol. The van der Waals surface area contributed by atoms with Crippen molar-refractivity contribution in [1.29, 1.82) is 0 Å². The Morgan fingerprint density at radius 1 is 1.17 bits per heavy atom. The molecule has 1 atom stereocenters. The number of likely N-dealkylation sites (tertiary alicyclic amines) is 1. The molecule has 1 aliphatic heterocycles. The molecule has 0 aromatic heterocycles. The van der Waals surface area contributed by atoms with E-state index in [1.165, 1.54) is 5.56 Å². The summed E-state index contributed by atoms with van der Waals surface area (Å²) in [6, 6.07) is 16.0. The number of ether oxygens (including phenoxy) is 1. The lowest BCUT2D eigenvalue weighted by Crippen LogP contribution is -2.30. The fraction of sp³-hybridized carbons (Fsp3) is 0.350. The van der Waals surface area contributed by atoms with Gasteiger partial charge in [0.05, 0.1) is 13.2 Å². The summed E-state index contributed by atoms with van der Waals surface area (Å²) in [5.41, 5.74) is 2.33. The van der Waals surface area contributed by atoms with Crippen LogP contribution in [0, 0.1) is 0 Å². The van der Waals surface area contributed by atoms with E-state index in [0.717, 1.165) is 42.1 Å². The number of rotatable bonds is 5. The SMILES string of the molecule is COc1ccc(CCC(=O)N2CCC[C@H]2c2ccc(Cl)cc2)cc1. The van der Waals surface area contributed by atoms with Crippen LogP contribution in [0.15, 0.2) is 48.5 Å². The molecule has 0 unspecified atom stereocenters. The van der Waals surface area contributed by atoms with E-state index in [1.54, 1.807) is 7.11 Å². The van der Waals surface area contributed by atoms with E-state index in [1.807, 2.05) is 53.4 Å². The Bertz CT molecular complexity index is 682. The van der Waals surface area contributed by atoms with Crippen LogP contribution in [0.2, 0.25) is 5.02 Å². The van der Waals surface area contributed by atoms with E-state index >= 15 is 0 Å². The highest BCUT2D eigenvalue weighted by Gasteiger charge is 2.29. The van der Waals surface area contributed by atoms with Crippen molar-refractivity contribution in [3.63, 3.8) is 0 Å². The first-order valence-corrected chi connectivity index (χ1v) is 8.73. The normalized spacial score (nSPS) is 17.1. The number of methoxy groups -OCH3 is 1. The zero-order chi connectivity index (χ0) is 16.9. The Morgan fingerprint density at radius 2 is 1.88 bits per heavy atom. The summed E-state index contributed by atoms with van der Waals surface area (Å²) in [4.78, 5) is 14.7. The summed E-state index contributed by atoms with van der Waals surface area (Å²) < 4.78 is 5.16. The largest absolute Gasteiger partial charge is 0.497 e. The lowest BCUT2D eigenvalue weighted by atomic mass is 10.0. The predicted molar refractivity (Wildman–Crippen MR) is 96.5 cm³/mol. The fourth-order valence-electron chi connectivity index (χ4n) is 3.28. The summed E-state index contributed by atoms with van der Waals surface area (Å²) in [6.45, 7) is 0.842. The van der Waals surface area contributed by atoms with Gasteiger partial charge < -0.3 is 9.64 Å². The van der Waals surface area contributed by atoms with Crippen LogP contribution in [0.5, 0.6) is 5.75 Å². The number of halogens is 1. The summed E-state index contributed by atoms with van der Waals surface area (Å²) in [7, 11) is 1.66. The van der Waals surface area contributed by atoms with Gasteiger partial charge in [-0.05, 0) is 54.7 Å². The molecule has 1 aliphatic rings. The van der Waals surface area contributed by atoms with Crippen LogP contribution >= 0.6 is 11.6 Å². The van der Waals surface area contributed by atoms with Gasteiger partial charge in [0.2, 0.25) is 5.91 Å². The Kier molecular flexibility index (Phi) is 5.41. The first-order valence-electron chi connectivity index (χ1n) is 8.35. The minimum atomic E-state index is 0.186. The molecule has 0 radical (unpaired) electrons. The van der Waals surface area contributed by atoms with E-state index in [9.17, 15) is 4.79 Å². The van der Waals surface area contributed by atoms with Crippen molar-refractivity contribution in [3.05, 3.63) is 64.7 Å². The molecule has 126 valence electrons. The maximum Gasteiger partial charge on any atom is 0.223 e. The molecule has 1 amide bonds. The predicted octanol–water partition coefficient (Wildman–Crippen LogP) is 4.64.